The second kappa shape index (κ2) is 3.74. The van der Waals surface area contributed by atoms with Crippen LogP contribution in [0.2, 0.25) is 0 Å². The molecule has 4 rings (SSSR count). The van der Waals surface area contributed by atoms with Crippen molar-refractivity contribution in [2.75, 3.05) is 5.73 Å². The van der Waals surface area contributed by atoms with Crippen molar-refractivity contribution in [2.45, 2.75) is 18.3 Å². The molecule has 4 nitrogen and oxygen atoms in total. The van der Waals surface area contributed by atoms with Gasteiger partial charge in [0.15, 0.2) is 10.5 Å². The summed E-state index contributed by atoms with van der Waals surface area (Å²) in [5, 5.41) is 1.12. The molecule has 0 spiro atoms. The Balaban J connectivity index is 1.84. The van der Waals surface area contributed by atoms with E-state index in [0.717, 1.165) is 34.0 Å². The molecule has 2 N–H and O–H groups in total. The number of fused-ring (bicyclic) bond motifs is 1. The number of benzene rings is 1. The maximum Gasteiger partial charge on any atom is 0.189 e. The second-order valence-electron chi connectivity index (χ2n) is 4.91. The molecule has 1 aliphatic rings. The SMILES string of the molecule is Nc1ccc(C2(c3nc4nccnc4s3)CC2)cc1. The van der Waals surface area contributed by atoms with E-state index in [1.165, 1.54) is 5.56 Å². The first-order chi connectivity index (χ1) is 9.28. The molecular formula is C14H12N4S. The van der Waals surface area contributed by atoms with E-state index in [1.54, 1.807) is 23.7 Å². The van der Waals surface area contributed by atoms with Crippen molar-refractivity contribution in [3.63, 3.8) is 0 Å². The normalized spacial score (nSPS) is 16.6. The van der Waals surface area contributed by atoms with E-state index in [1.807, 2.05) is 12.1 Å². The fourth-order valence-corrected chi connectivity index (χ4v) is 3.57. The smallest absolute Gasteiger partial charge is 0.189 e. The molecule has 0 amide bonds. The first-order valence-electron chi connectivity index (χ1n) is 6.22. The molecule has 5 heteroatoms. The average Bonchev–Trinajstić information content (AvgIpc) is 3.13. The molecule has 2 aromatic heterocycles. The number of anilines is 1. The third kappa shape index (κ3) is 1.62. The van der Waals surface area contributed by atoms with Gasteiger partial charge < -0.3 is 5.73 Å². The first kappa shape index (κ1) is 10.9. The Morgan fingerprint density at radius 1 is 1.05 bits per heavy atom. The summed E-state index contributed by atoms with van der Waals surface area (Å²) < 4.78 is 0. The number of rotatable bonds is 2. The van der Waals surface area contributed by atoms with Crippen LogP contribution in [0.1, 0.15) is 23.4 Å². The van der Waals surface area contributed by atoms with E-state index < -0.39 is 0 Å². The number of nitrogens with two attached hydrogens (primary N) is 1. The minimum atomic E-state index is 0.0702. The van der Waals surface area contributed by atoms with Crippen molar-refractivity contribution in [1.29, 1.82) is 0 Å². The zero-order valence-electron chi connectivity index (χ0n) is 10.2. The van der Waals surface area contributed by atoms with E-state index in [9.17, 15) is 0 Å². The Labute approximate surface area is 114 Å². The highest BCUT2D eigenvalue weighted by molar-refractivity contribution is 7.18. The van der Waals surface area contributed by atoms with E-state index in [0.29, 0.717) is 0 Å². The van der Waals surface area contributed by atoms with Crippen LogP contribution >= 0.6 is 11.3 Å². The molecule has 1 aliphatic carbocycles. The minimum absolute atomic E-state index is 0.0702. The number of hydrogen-bond acceptors (Lipinski definition) is 5. The molecular weight excluding hydrogens is 256 g/mol. The van der Waals surface area contributed by atoms with Crippen molar-refractivity contribution in [3.8, 4) is 0 Å². The molecule has 19 heavy (non-hydrogen) atoms. The molecule has 0 bridgehead atoms. The van der Waals surface area contributed by atoms with Gasteiger partial charge in [-0.3, -0.25) is 0 Å². The van der Waals surface area contributed by atoms with Gasteiger partial charge >= 0.3 is 0 Å². The van der Waals surface area contributed by atoms with Crippen LogP contribution in [0, 0.1) is 0 Å². The highest BCUT2D eigenvalue weighted by Crippen LogP contribution is 2.54. The van der Waals surface area contributed by atoms with Crippen LogP contribution in [-0.2, 0) is 5.41 Å². The molecule has 1 aromatic carbocycles. The fourth-order valence-electron chi connectivity index (χ4n) is 2.44. The summed E-state index contributed by atoms with van der Waals surface area (Å²) in [6, 6.07) is 8.13. The molecule has 3 aromatic rings. The van der Waals surface area contributed by atoms with Crippen molar-refractivity contribution in [2.24, 2.45) is 0 Å². The molecule has 0 radical (unpaired) electrons. The highest BCUT2D eigenvalue weighted by Gasteiger charge is 2.48. The number of thiazole rings is 1. The number of nitrogens with zero attached hydrogens (tertiary/aromatic N) is 3. The van der Waals surface area contributed by atoms with Crippen molar-refractivity contribution in [3.05, 3.63) is 47.2 Å². The lowest BCUT2D eigenvalue weighted by molar-refractivity contribution is 0.836. The average molecular weight is 268 g/mol. The third-order valence-electron chi connectivity index (χ3n) is 3.67. The van der Waals surface area contributed by atoms with Crippen LogP contribution in [0.15, 0.2) is 36.7 Å². The van der Waals surface area contributed by atoms with Gasteiger partial charge in [-0.1, -0.05) is 23.5 Å². The van der Waals surface area contributed by atoms with Gasteiger partial charge in [-0.2, -0.15) is 0 Å². The Bertz CT molecular complexity index is 710. The topological polar surface area (TPSA) is 64.7 Å². The Morgan fingerprint density at radius 3 is 2.47 bits per heavy atom. The fraction of sp³-hybridized carbons (Fsp3) is 0.214. The van der Waals surface area contributed by atoms with Gasteiger partial charge in [0.05, 0.1) is 0 Å². The van der Waals surface area contributed by atoms with Crippen molar-refractivity contribution in [1.82, 2.24) is 15.0 Å². The molecule has 0 atom stereocenters. The molecule has 1 saturated carbocycles. The van der Waals surface area contributed by atoms with Gasteiger partial charge in [0.25, 0.3) is 0 Å². The van der Waals surface area contributed by atoms with Crippen molar-refractivity contribution >= 4 is 27.5 Å². The summed E-state index contributed by atoms with van der Waals surface area (Å²) in [4.78, 5) is 14.2. The third-order valence-corrected chi connectivity index (χ3v) is 4.83. The van der Waals surface area contributed by atoms with Gasteiger partial charge in [0.1, 0.15) is 5.01 Å². The summed E-state index contributed by atoms with van der Waals surface area (Å²) in [6.45, 7) is 0. The Morgan fingerprint density at radius 2 is 1.79 bits per heavy atom. The minimum Gasteiger partial charge on any atom is -0.399 e. The van der Waals surface area contributed by atoms with E-state index >= 15 is 0 Å². The van der Waals surface area contributed by atoms with Crippen molar-refractivity contribution < 1.29 is 0 Å². The lowest BCUT2D eigenvalue weighted by atomic mass is 9.96. The molecule has 1 fully saturated rings. The van der Waals surface area contributed by atoms with E-state index in [2.05, 4.69) is 27.1 Å². The summed E-state index contributed by atoms with van der Waals surface area (Å²) in [7, 11) is 0. The monoisotopic (exact) mass is 268 g/mol. The van der Waals surface area contributed by atoms with E-state index in [-0.39, 0.29) is 5.41 Å². The molecule has 0 aliphatic heterocycles. The summed E-state index contributed by atoms with van der Waals surface area (Å²) in [5.74, 6) is 0. The lowest BCUT2D eigenvalue weighted by Gasteiger charge is -2.12. The largest absolute Gasteiger partial charge is 0.399 e. The molecule has 94 valence electrons. The van der Waals surface area contributed by atoms with Gasteiger partial charge in [-0.25, -0.2) is 15.0 Å². The van der Waals surface area contributed by atoms with Crippen LogP contribution in [0.25, 0.3) is 10.5 Å². The maximum absolute atomic E-state index is 5.76. The lowest BCUT2D eigenvalue weighted by Crippen LogP contribution is -2.08. The first-order valence-corrected chi connectivity index (χ1v) is 7.04. The van der Waals surface area contributed by atoms with Crippen LogP contribution in [0.5, 0.6) is 0 Å². The standard InChI is InChI=1S/C14H12N4S/c15-10-3-1-9(2-4-10)14(5-6-14)13-18-11-12(19-13)17-8-7-16-11/h1-4,7-8H,5-6,15H2. The van der Waals surface area contributed by atoms with E-state index in [4.69, 9.17) is 5.73 Å². The number of hydrogen-bond donors (Lipinski definition) is 1. The predicted molar refractivity (Wildman–Crippen MR) is 76.1 cm³/mol. The maximum atomic E-state index is 5.76. The molecule has 0 saturated heterocycles. The van der Waals surface area contributed by atoms with Crippen LogP contribution in [0.4, 0.5) is 5.69 Å². The van der Waals surface area contributed by atoms with Gasteiger partial charge in [-0.05, 0) is 30.5 Å². The predicted octanol–water partition coefficient (Wildman–Crippen LogP) is 2.75. The van der Waals surface area contributed by atoms with Crippen LogP contribution in [-0.4, -0.2) is 15.0 Å². The Hall–Kier alpha value is -2.01. The Kier molecular flexibility index (Phi) is 2.14. The molecule has 2 heterocycles. The second-order valence-corrected chi connectivity index (χ2v) is 5.89. The zero-order chi connectivity index (χ0) is 12.9. The summed E-state index contributed by atoms with van der Waals surface area (Å²) in [5.41, 5.74) is 8.67. The van der Waals surface area contributed by atoms with Gasteiger partial charge in [-0.15, -0.1) is 0 Å². The number of aromatic nitrogens is 3. The van der Waals surface area contributed by atoms with Gasteiger partial charge in [0, 0.05) is 23.5 Å². The molecule has 0 unspecified atom stereocenters. The highest BCUT2D eigenvalue weighted by atomic mass is 32.1. The zero-order valence-corrected chi connectivity index (χ0v) is 11.0. The van der Waals surface area contributed by atoms with Crippen LogP contribution in [0.3, 0.4) is 0 Å². The summed E-state index contributed by atoms with van der Waals surface area (Å²) in [6.07, 6.45) is 5.68. The van der Waals surface area contributed by atoms with Gasteiger partial charge in [0.2, 0.25) is 0 Å². The quantitative estimate of drug-likeness (QED) is 0.726. The van der Waals surface area contributed by atoms with Crippen LogP contribution < -0.4 is 5.73 Å². The number of nitrogen functional groups attached to an aromatic ring is 1. The summed E-state index contributed by atoms with van der Waals surface area (Å²) >= 11 is 1.65.